The Morgan fingerprint density at radius 1 is 1.00 bits per heavy atom. The number of hydrogen-bond donors (Lipinski definition) is 5. The van der Waals surface area contributed by atoms with E-state index < -0.39 is 0 Å². The lowest BCUT2D eigenvalue weighted by Gasteiger charge is -1.94. The van der Waals surface area contributed by atoms with Gasteiger partial charge in [-0.25, -0.2) is 5.90 Å². The van der Waals surface area contributed by atoms with E-state index in [9.17, 15) is 0 Å². The van der Waals surface area contributed by atoms with Gasteiger partial charge in [0, 0.05) is 13.1 Å². The topological polar surface area (TPSA) is 98.7 Å². The molecule has 0 aromatic heterocycles. The van der Waals surface area contributed by atoms with E-state index >= 15 is 0 Å². The Balaban J connectivity index is 0. The van der Waals surface area contributed by atoms with E-state index in [4.69, 9.17) is 15.4 Å². The number of nitrogens with one attached hydrogen (secondary N) is 1. The van der Waals surface area contributed by atoms with E-state index in [1.54, 1.807) is 0 Å². The zero-order valence-corrected chi connectivity index (χ0v) is 5.25. The summed E-state index contributed by atoms with van der Waals surface area (Å²) in [5, 5.41) is 25.6. The molecule has 0 radical (unpaired) electrons. The van der Waals surface area contributed by atoms with Gasteiger partial charge in [-0.05, 0) is 0 Å². The second-order valence-electron chi connectivity index (χ2n) is 1.20. The lowest BCUT2D eigenvalue weighted by atomic mass is 10.6. The van der Waals surface area contributed by atoms with Crippen molar-refractivity contribution in [2.24, 2.45) is 5.90 Å². The van der Waals surface area contributed by atoms with Gasteiger partial charge >= 0.3 is 0 Å². The smallest absolute Gasteiger partial charge is 0.0555 e. The van der Waals surface area contributed by atoms with Gasteiger partial charge in [0.05, 0.1) is 13.2 Å². The standard InChI is InChI=1S/C4H11NO2.H3NO/c6-3-1-5-2-4-7;1-2/h5-7H,1-4H2;2H,1H2. The predicted molar refractivity (Wildman–Crippen MR) is 33.0 cm³/mol. The predicted octanol–water partition coefficient (Wildman–Crippen LogP) is -2.11. The first-order chi connectivity index (χ1) is 4.41. The van der Waals surface area contributed by atoms with Gasteiger partial charge in [0.25, 0.3) is 0 Å². The van der Waals surface area contributed by atoms with Crippen LogP contribution in [-0.2, 0) is 0 Å². The van der Waals surface area contributed by atoms with Crippen LogP contribution in [0.5, 0.6) is 0 Å². The van der Waals surface area contributed by atoms with Gasteiger partial charge < -0.3 is 20.7 Å². The van der Waals surface area contributed by atoms with Gasteiger partial charge in [0.1, 0.15) is 0 Å². The number of rotatable bonds is 4. The number of aliphatic hydroxyl groups is 2. The van der Waals surface area contributed by atoms with Crippen molar-refractivity contribution in [1.29, 1.82) is 0 Å². The molecule has 5 nitrogen and oxygen atoms in total. The molecule has 0 amide bonds. The van der Waals surface area contributed by atoms with E-state index in [0.717, 1.165) is 0 Å². The second-order valence-corrected chi connectivity index (χ2v) is 1.20. The van der Waals surface area contributed by atoms with Crippen LogP contribution in [0.1, 0.15) is 0 Å². The summed E-state index contributed by atoms with van der Waals surface area (Å²) in [6.07, 6.45) is 0. The van der Waals surface area contributed by atoms with Crippen molar-refractivity contribution < 1.29 is 15.4 Å². The molecule has 0 rings (SSSR count). The molecular formula is C4H14N2O3. The van der Waals surface area contributed by atoms with Crippen LogP contribution in [0.4, 0.5) is 0 Å². The molecular weight excluding hydrogens is 124 g/mol. The lowest BCUT2D eigenvalue weighted by Crippen LogP contribution is -2.21. The van der Waals surface area contributed by atoms with E-state index in [1.165, 1.54) is 0 Å². The van der Waals surface area contributed by atoms with Crippen LogP contribution < -0.4 is 11.2 Å². The Bertz CT molecular complexity index is 33.0. The molecule has 0 atom stereocenters. The third kappa shape index (κ3) is 18.2. The third-order valence-corrected chi connectivity index (χ3v) is 0.577. The molecule has 0 bridgehead atoms. The Morgan fingerprint density at radius 3 is 1.56 bits per heavy atom. The average Bonchev–Trinajstić information content (AvgIpc) is 1.94. The quantitative estimate of drug-likeness (QED) is 0.226. The first kappa shape index (κ1) is 11.6. The molecule has 0 saturated heterocycles. The monoisotopic (exact) mass is 138 g/mol. The second kappa shape index (κ2) is 15.7. The molecule has 0 aromatic rings. The fourth-order valence-corrected chi connectivity index (χ4v) is 0.283. The van der Waals surface area contributed by atoms with Crippen molar-refractivity contribution >= 4 is 0 Å². The molecule has 0 aliphatic heterocycles. The summed E-state index contributed by atoms with van der Waals surface area (Å²) in [6.45, 7) is 1.42. The van der Waals surface area contributed by atoms with Crippen molar-refractivity contribution in [3.8, 4) is 0 Å². The van der Waals surface area contributed by atoms with Crippen LogP contribution in [0.25, 0.3) is 0 Å². The third-order valence-electron chi connectivity index (χ3n) is 0.577. The highest BCUT2D eigenvalue weighted by molar-refractivity contribution is 4.39. The van der Waals surface area contributed by atoms with Gasteiger partial charge in [-0.15, -0.1) is 0 Å². The SMILES string of the molecule is NO.OCCNCCO. The van der Waals surface area contributed by atoms with E-state index in [0.29, 0.717) is 13.1 Å². The summed E-state index contributed by atoms with van der Waals surface area (Å²) >= 11 is 0. The first-order valence-corrected chi connectivity index (χ1v) is 2.60. The van der Waals surface area contributed by atoms with E-state index in [2.05, 4.69) is 11.2 Å². The molecule has 0 unspecified atom stereocenters. The maximum Gasteiger partial charge on any atom is 0.0555 e. The largest absolute Gasteiger partial charge is 0.395 e. The number of hydrogen-bond acceptors (Lipinski definition) is 5. The molecule has 0 heterocycles. The minimum absolute atomic E-state index is 0.139. The van der Waals surface area contributed by atoms with Gasteiger partial charge in [0.15, 0.2) is 0 Å². The van der Waals surface area contributed by atoms with Crippen molar-refractivity contribution in [1.82, 2.24) is 5.32 Å². The molecule has 9 heavy (non-hydrogen) atoms. The van der Waals surface area contributed by atoms with Crippen molar-refractivity contribution in [3.05, 3.63) is 0 Å². The number of nitrogens with two attached hydrogens (primary N) is 1. The zero-order chi connectivity index (χ0) is 7.54. The van der Waals surface area contributed by atoms with Crippen LogP contribution in [0.3, 0.4) is 0 Å². The Kier molecular flexibility index (Phi) is 20.1. The molecule has 0 saturated carbocycles. The summed E-state index contributed by atoms with van der Waals surface area (Å²) in [5.74, 6) is 3.50. The zero-order valence-electron chi connectivity index (χ0n) is 5.25. The highest BCUT2D eigenvalue weighted by atomic mass is 16.4. The molecule has 0 aliphatic carbocycles. The molecule has 0 aliphatic rings. The summed E-state index contributed by atoms with van der Waals surface area (Å²) in [6, 6.07) is 0. The van der Waals surface area contributed by atoms with Gasteiger partial charge in [-0.1, -0.05) is 0 Å². The summed E-state index contributed by atoms with van der Waals surface area (Å²) in [5.41, 5.74) is 0. The van der Waals surface area contributed by atoms with Crippen LogP contribution >= 0.6 is 0 Å². The molecule has 0 aromatic carbocycles. The van der Waals surface area contributed by atoms with Crippen LogP contribution in [0.2, 0.25) is 0 Å². The summed E-state index contributed by atoms with van der Waals surface area (Å²) < 4.78 is 0. The van der Waals surface area contributed by atoms with Crippen LogP contribution in [-0.4, -0.2) is 41.7 Å². The Morgan fingerprint density at radius 2 is 1.33 bits per heavy atom. The Labute approximate surface area is 54.1 Å². The summed E-state index contributed by atoms with van der Waals surface area (Å²) in [7, 11) is 0. The maximum absolute atomic E-state index is 8.15. The minimum Gasteiger partial charge on any atom is -0.395 e. The van der Waals surface area contributed by atoms with Crippen molar-refractivity contribution in [3.63, 3.8) is 0 Å². The molecule has 0 fully saturated rings. The molecule has 58 valence electrons. The van der Waals surface area contributed by atoms with Crippen molar-refractivity contribution in [2.45, 2.75) is 0 Å². The molecule has 6 N–H and O–H groups in total. The average molecular weight is 138 g/mol. The van der Waals surface area contributed by atoms with Gasteiger partial charge in [-0.3, -0.25) is 0 Å². The number of aliphatic hydroxyl groups excluding tert-OH is 2. The van der Waals surface area contributed by atoms with Gasteiger partial charge in [-0.2, -0.15) is 0 Å². The minimum atomic E-state index is 0.139. The van der Waals surface area contributed by atoms with E-state index in [-0.39, 0.29) is 13.2 Å². The Hall–Kier alpha value is -0.200. The van der Waals surface area contributed by atoms with Crippen LogP contribution in [0.15, 0.2) is 0 Å². The molecule has 0 spiro atoms. The first-order valence-electron chi connectivity index (χ1n) is 2.60. The van der Waals surface area contributed by atoms with Crippen LogP contribution in [0, 0.1) is 0 Å². The fraction of sp³-hybridized carbons (Fsp3) is 1.00. The normalized spacial score (nSPS) is 8.00. The highest BCUT2D eigenvalue weighted by Crippen LogP contribution is 1.54. The summed E-state index contributed by atoms with van der Waals surface area (Å²) in [4.78, 5) is 0. The van der Waals surface area contributed by atoms with Crippen molar-refractivity contribution in [2.75, 3.05) is 26.3 Å². The molecule has 5 heteroatoms. The van der Waals surface area contributed by atoms with E-state index in [1.807, 2.05) is 0 Å². The highest BCUT2D eigenvalue weighted by Gasteiger charge is 1.78. The van der Waals surface area contributed by atoms with Gasteiger partial charge in [0.2, 0.25) is 0 Å². The fourth-order valence-electron chi connectivity index (χ4n) is 0.283. The lowest BCUT2D eigenvalue weighted by molar-refractivity contribution is 0.266. The maximum atomic E-state index is 8.15.